The minimum absolute atomic E-state index is 0.263. The fourth-order valence-corrected chi connectivity index (χ4v) is 4.97. The van der Waals surface area contributed by atoms with Crippen molar-refractivity contribution < 1.29 is 9.13 Å². The van der Waals surface area contributed by atoms with Crippen molar-refractivity contribution in [3.05, 3.63) is 18.5 Å². The van der Waals surface area contributed by atoms with Gasteiger partial charge in [-0.05, 0) is 53.8 Å². The normalized spacial score (nSPS) is 19.9. The van der Waals surface area contributed by atoms with Crippen LogP contribution in [-0.2, 0) is 11.3 Å². The van der Waals surface area contributed by atoms with Crippen LogP contribution in [0.4, 0.5) is 15.9 Å². The SMILES string of the molecule is Nc1cn(PI)nc1-c1cc2c(cn1)c(N1CC(OC3CC3)C1)nn2CC1(F)CC1.S[Te]. The van der Waals surface area contributed by atoms with Gasteiger partial charge < -0.3 is 15.4 Å². The molecule has 0 amide bonds. The molecular weight excluding hydrogens is 679 g/mol. The standard InChI is InChI=1S/C19H22FIN7OP.HSTe/c20-19(3-4-19)10-27-16-5-15(17-14(22)9-28(24-17)30-21)23-6-13(16)18(25-27)26-7-12(8-26)29-11-1-2-11;1-2/h5-6,9,11-12,30H,1-4,7-8,10,22H2;1H. The molecule has 2 saturated carbocycles. The first kappa shape index (κ1) is 23.4. The zero-order valence-corrected chi connectivity index (χ0v) is 23.5. The molecule has 2 N–H and O–H groups in total. The summed E-state index contributed by atoms with van der Waals surface area (Å²) >= 11 is 3.90. The Bertz CT molecular complexity index is 1130. The van der Waals surface area contributed by atoms with Gasteiger partial charge in [-0.3, -0.25) is 9.67 Å². The number of rotatable bonds is 7. The average Bonchev–Trinajstić information content (AvgIpc) is 3.67. The molecule has 2 aliphatic carbocycles. The number of thiol groups is 1. The maximum absolute atomic E-state index is 14.6. The molecule has 4 heterocycles. The number of nitrogens with zero attached hydrogens (tertiary/aromatic N) is 6. The summed E-state index contributed by atoms with van der Waals surface area (Å²) in [5.41, 5.74) is 7.81. The maximum atomic E-state index is 14.6. The summed E-state index contributed by atoms with van der Waals surface area (Å²) in [6, 6.07) is 1.94. The molecule has 1 radical (unpaired) electrons. The number of hydrogen-bond acceptors (Lipinski definition) is 7. The molecule has 1 aliphatic heterocycles. The number of anilines is 2. The van der Waals surface area contributed by atoms with Gasteiger partial charge >= 0.3 is 30.8 Å². The second-order valence-corrected chi connectivity index (χ2v) is 10.6. The van der Waals surface area contributed by atoms with E-state index < -0.39 is 5.67 Å². The number of alkyl halides is 1. The van der Waals surface area contributed by atoms with Crippen LogP contribution >= 0.6 is 38.3 Å². The van der Waals surface area contributed by atoms with Gasteiger partial charge in [0.1, 0.15) is 11.4 Å². The Morgan fingerprint density at radius 3 is 2.66 bits per heavy atom. The summed E-state index contributed by atoms with van der Waals surface area (Å²) in [6.45, 7) is 1.90. The van der Waals surface area contributed by atoms with Gasteiger partial charge in [-0.2, -0.15) is 10.2 Å². The molecule has 1 unspecified atom stereocenters. The van der Waals surface area contributed by atoms with Gasteiger partial charge in [0.05, 0.1) is 53.6 Å². The van der Waals surface area contributed by atoms with Gasteiger partial charge in [0.2, 0.25) is 0 Å². The molecule has 6 rings (SSSR count). The molecule has 171 valence electrons. The average molecular weight is 702 g/mol. The van der Waals surface area contributed by atoms with E-state index in [0.29, 0.717) is 42.4 Å². The molecule has 3 aromatic rings. The summed E-state index contributed by atoms with van der Waals surface area (Å²) in [7, 11) is 3.54. The van der Waals surface area contributed by atoms with Crippen molar-refractivity contribution in [2.24, 2.45) is 0 Å². The molecule has 1 saturated heterocycles. The molecule has 3 aliphatic rings. The third-order valence-electron chi connectivity index (χ3n) is 5.97. The summed E-state index contributed by atoms with van der Waals surface area (Å²) in [5, 5.41) is 10.3. The molecule has 1 atom stereocenters. The first-order valence-corrected chi connectivity index (χ1v) is 17.9. The molecule has 0 aromatic carbocycles. The predicted octanol–water partition coefficient (Wildman–Crippen LogP) is 3.54. The zero-order chi connectivity index (χ0) is 22.5. The third kappa shape index (κ3) is 4.73. The van der Waals surface area contributed by atoms with Crippen LogP contribution in [0.25, 0.3) is 22.3 Å². The van der Waals surface area contributed by atoms with Gasteiger partial charge in [-0.1, -0.05) is 0 Å². The van der Waals surface area contributed by atoms with E-state index in [1.165, 1.54) is 12.8 Å². The summed E-state index contributed by atoms with van der Waals surface area (Å²) in [6.07, 6.45) is 8.35. The van der Waals surface area contributed by atoms with E-state index in [1.54, 1.807) is 30.1 Å². The monoisotopic (exact) mass is 704 g/mol. The van der Waals surface area contributed by atoms with Gasteiger partial charge in [-0.15, -0.1) is 0 Å². The minimum atomic E-state index is -1.14. The van der Waals surface area contributed by atoms with E-state index in [2.05, 4.69) is 46.9 Å². The number of nitrogen functional groups attached to an aromatic ring is 1. The summed E-state index contributed by atoms with van der Waals surface area (Å²) in [4.78, 5) is 6.83. The number of pyridine rings is 1. The first-order chi connectivity index (χ1) is 15.5. The Balaban J connectivity index is 0.00000105. The first-order valence-electron chi connectivity index (χ1n) is 10.4. The van der Waals surface area contributed by atoms with Gasteiger partial charge in [0.25, 0.3) is 0 Å². The predicted molar refractivity (Wildman–Crippen MR) is 139 cm³/mol. The number of nitrogens with two attached hydrogens (primary N) is 1. The molecule has 32 heavy (non-hydrogen) atoms. The van der Waals surface area contributed by atoms with Crippen molar-refractivity contribution in [1.29, 1.82) is 0 Å². The van der Waals surface area contributed by atoms with Crippen molar-refractivity contribution in [2.75, 3.05) is 23.7 Å². The van der Waals surface area contributed by atoms with Crippen LogP contribution in [0.2, 0.25) is 0 Å². The van der Waals surface area contributed by atoms with Crippen molar-refractivity contribution >= 4 is 81.6 Å². The van der Waals surface area contributed by atoms with Crippen molar-refractivity contribution in [3.63, 3.8) is 0 Å². The topological polar surface area (TPSA) is 87.0 Å². The summed E-state index contributed by atoms with van der Waals surface area (Å²) in [5.74, 6) is 0.858. The van der Waals surface area contributed by atoms with E-state index in [4.69, 9.17) is 15.6 Å². The Morgan fingerprint density at radius 2 is 2.03 bits per heavy atom. The van der Waals surface area contributed by atoms with E-state index in [-0.39, 0.29) is 12.6 Å². The van der Waals surface area contributed by atoms with E-state index in [1.807, 2.05) is 18.5 Å². The van der Waals surface area contributed by atoms with Gasteiger partial charge in [0.15, 0.2) is 5.82 Å². The van der Waals surface area contributed by atoms with E-state index in [0.717, 1.165) is 29.8 Å². The fraction of sp³-hybridized carbons (Fsp3) is 0.526. The Kier molecular flexibility index (Phi) is 6.82. The number of halogens is 2. The van der Waals surface area contributed by atoms with Crippen molar-refractivity contribution in [1.82, 2.24) is 24.3 Å². The van der Waals surface area contributed by atoms with Gasteiger partial charge in [-0.25, -0.2) is 8.84 Å². The Hall–Kier alpha value is -0.380. The number of ether oxygens (including phenoxy) is 1. The molecule has 13 heteroatoms. The number of hydrogen-bond donors (Lipinski definition) is 2. The van der Waals surface area contributed by atoms with Gasteiger partial charge in [0, 0.05) is 19.3 Å². The van der Waals surface area contributed by atoms with Crippen molar-refractivity contribution in [3.8, 4) is 11.4 Å². The van der Waals surface area contributed by atoms with E-state index in [9.17, 15) is 4.39 Å². The molecular formula is C19H23FIN7OPSTe. The van der Waals surface area contributed by atoms with Crippen LogP contribution < -0.4 is 10.6 Å². The molecule has 3 fully saturated rings. The van der Waals surface area contributed by atoms with Crippen LogP contribution in [0.3, 0.4) is 0 Å². The molecule has 8 nitrogen and oxygen atoms in total. The Morgan fingerprint density at radius 1 is 1.28 bits per heavy atom. The number of aromatic nitrogens is 5. The molecule has 3 aromatic heterocycles. The number of fused-ring (bicyclic) bond motifs is 1. The van der Waals surface area contributed by atoms with Crippen LogP contribution in [0, 0.1) is 0 Å². The van der Waals surface area contributed by atoms with E-state index >= 15 is 0 Å². The molecule has 0 bridgehead atoms. The zero-order valence-electron chi connectivity index (χ0n) is 17.1. The Labute approximate surface area is 217 Å². The fourth-order valence-electron chi connectivity index (χ4n) is 3.90. The van der Waals surface area contributed by atoms with Crippen LogP contribution in [-0.4, -0.2) is 76.2 Å². The van der Waals surface area contributed by atoms with Crippen molar-refractivity contribution in [2.45, 2.75) is 50.1 Å². The quantitative estimate of drug-likeness (QED) is 0.170. The van der Waals surface area contributed by atoms with Crippen LogP contribution in [0.1, 0.15) is 25.7 Å². The third-order valence-corrected chi connectivity index (χ3v) is 7.86. The van der Waals surface area contributed by atoms with Crippen LogP contribution in [0.15, 0.2) is 18.5 Å². The molecule has 0 spiro atoms. The second-order valence-electron chi connectivity index (χ2n) is 8.54. The second kappa shape index (κ2) is 9.34. The van der Waals surface area contributed by atoms with Crippen LogP contribution in [0.5, 0.6) is 0 Å². The summed E-state index contributed by atoms with van der Waals surface area (Å²) < 4.78 is 24.2.